The van der Waals surface area contributed by atoms with E-state index in [9.17, 15) is 24.3 Å². The Morgan fingerprint density at radius 2 is 1.55 bits per heavy atom. The maximum Gasteiger partial charge on any atom is 0.321 e. The fourth-order valence-corrected chi connectivity index (χ4v) is 7.03. The highest BCUT2D eigenvalue weighted by molar-refractivity contribution is 8.04. The van der Waals surface area contributed by atoms with Gasteiger partial charge in [0.15, 0.2) is 0 Å². The molecule has 0 aliphatic heterocycles. The summed E-state index contributed by atoms with van der Waals surface area (Å²) in [5.74, 6) is -0.278. The van der Waals surface area contributed by atoms with Gasteiger partial charge in [0.25, 0.3) is 0 Å². The summed E-state index contributed by atoms with van der Waals surface area (Å²) in [4.78, 5) is 48.5. The van der Waals surface area contributed by atoms with Crippen LogP contribution < -0.4 is 16.0 Å². The minimum Gasteiger partial charge on any atom is -0.480 e. The molecule has 4 atom stereocenters. The van der Waals surface area contributed by atoms with Crippen molar-refractivity contribution in [2.45, 2.75) is 128 Å². The summed E-state index contributed by atoms with van der Waals surface area (Å²) in [5, 5.41) is 19.2. The van der Waals surface area contributed by atoms with Crippen LogP contribution >= 0.6 is 23.5 Å². The van der Waals surface area contributed by atoms with Gasteiger partial charge in [-0.05, 0) is 66.7 Å². The Morgan fingerprint density at radius 3 is 2.02 bits per heavy atom. The largest absolute Gasteiger partial charge is 0.480 e. The molecule has 1 aliphatic rings. The van der Waals surface area contributed by atoms with Crippen LogP contribution in [0, 0.1) is 5.41 Å². The number of ether oxygens (including phenoxy) is 1. The number of carboxylic acid groups (broad SMARTS) is 1. The van der Waals surface area contributed by atoms with E-state index in [1.165, 1.54) is 0 Å². The number of hydrogen-bond donors (Lipinski definition) is 4. The van der Waals surface area contributed by atoms with Crippen molar-refractivity contribution in [2.75, 3.05) is 24.7 Å². The number of aldehydes is 1. The van der Waals surface area contributed by atoms with Crippen molar-refractivity contribution in [1.29, 1.82) is 0 Å². The van der Waals surface area contributed by atoms with Gasteiger partial charge >= 0.3 is 5.97 Å². The van der Waals surface area contributed by atoms with Gasteiger partial charge in [0.1, 0.15) is 18.4 Å². The van der Waals surface area contributed by atoms with E-state index in [1.807, 2.05) is 55.4 Å². The third-order valence-corrected chi connectivity index (χ3v) is 9.93. The molecule has 0 heterocycles. The van der Waals surface area contributed by atoms with Crippen molar-refractivity contribution in [1.82, 2.24) is 16.0 Å². The SMILES string of the molecule is CCCNC(=O)C(CSC1CCC1SCC(NC(C)(C)C)C(=O)O)NC(=O)CCC(C)(C)OCCC(C)(C)C=O. The highest BCUT2D eigenvalue weighted by Crippen LogP contribution is 2.40. The smallest absolute Gasteiger partial charge is 0.321 e. The van der Waals surface area contributed by atoms with Crippen LogP contribution in [0.1, 0.15) is 93.9 Å². The van der Waals surface area contributed by atoms with E-state index in [1.54, 1.807) is 23.5 Å². The molecule has 0 saturated heterocycles. The van der Waals surface area contributed by atoms with Crippen LogP contribution in [0.3, 0.4) is 0 Å². The second-order valence-electron chi connectivity index (χ2n) is 13.0. The van der Waals surface area contributed by atoms with E-state index >= 15 is 0 Å². The van der Waals surface area contributed by atoms with Gasteiger partial charge in [-0.1, -0.05) is 20.8 Å². The maximum absolute atomic E-state index is 12.9. The van der Waals surface area contributed by atoms with E-state index in [-0.39, 0.29) is 23.8 Å². The van der Waals surface area contributed by atoms with Crippen molar-refractivity contribution < 1.29 is 29.0 Å². The third-order valence-electron chi connectivity index (χ3n) is 6.72. The first kappa shape index (κ1) is 36.7. The number of hydrogen-bond acceptors (Lipinski definition) is 8. The van der Waals surface area contributed by atoms with Crippen molar-refractivity contribution in [2.24, 2.45) is 5.41 Å². The van der Waals surface area contributed by atoms with E-state index < -0.39 is 29.1 Å². The van der Waals surface area contributed by atoms with Gasteiger partial charge in [0, 0.05) is 52.5 Å². The summed E-state index contributed by atoms with van der Waals surface area (Å²) in [7, 11) is 0. The summed E-state index contributed by atoms with van der Waals surface area (Å²) < 4.78 is 5.95. The van der Waals surface area contributed by atoms with Gasteiger partial charge in [0.2, 0.25) is 11.8 Å². The van der Waals surface area contributed by atoms with Crippen LogP contribution in [-0.4, -0.2) is 87.6 Å². The van der Waals surface area contributed by atoms with Gasteiger partial charge in [-0.25, -0.2) is 0 Å². The van der Waals surface area contributed by atoms with Gasteiger partial charge < -0.3 is 25.3 Å². The molecule has 1 aliphatic carbocycles. The van der Waals surface area contributed by atoms with Gasteiger partial charge in [-0.3, -0.25) is 19.7 Å². The molecule has 1 fully saturated rings. The Kier molecular flexibility index (Phi) is 15.6. The van der Waals surface area contributed by atoms with Crippen LogP contribution in [0.4, 0.5) is 0 Å². The Hall–Kier alpha value is -1.30. The van der Waals surface area contributed by atoms with Crippen LogP contribution in [0.15, 0.2) is 0 Å². The number of carbonyl (C=O) groups excluding carboxylic acids is 3. The van der Waals surface area contributed by atoms with Crippen LogP contribution in [0.25, 0.3) is 0 Å². The maximum atomic E-state index is 12.9. The molecular weight excluding hydrogens is 550 g/mol. The molecule has 0 radical (unpaired) electrons. The first-order valence-electron chi connectivity index (χ1n) is 14.4. The molecule has 0 aromatic carbocycles. The molecule has 40 heavy (non-hydrogen) atoms. The van der Waals surface area contributed by atoms with Crippen LogP contribution in [0.5, 0.6) is 0 Å². The number of amides is 2. The molecule has 4 N–H and O–H groups in total. The standard InChI is InChI=1S/C29H53N3O6S2/c1-9-15-30-25(35)20(31-24(34)12-13-29(7,8)38-16-14-28(5,6)19-33)17-39-22-10-11-23(22)40-18-21(26(36)37)32-27(2,3)4/h19-23,32H,9-18H2,1-8H3,(H,30,35)(H,31,34)(H,36,37). The number of thioether (sulfide) groups is 2. The quantitative estimate of drug-likeness (QED) is 0.152. The molecule has 0 aromatic rings. The van der Waals surface area contributed by atoms with Gasteiger partial charge in [0.05, 0.1) is 5.60 Å². The number of rotatable bonds is 20. The fourth-order valence-electron chi connectivity index (χ4n) is 3.91. The van der Waals surface area contributed by atoms with Crippen molar-refractivity contribution in [3.63, 3.8) is 0 Å². The molecule has 0 bridgehead atoms. The van der Waals surface area contributed by atoms with E-state index in [0.29, 0.717) is 48.0 Å². The van der Waals surface area contributed by atoms with Crippen molar-refractivity contribution >= 4 is 47.6 Å². The molecule has 11 heteroatoms. The van der Waals surface area contributed by atoms with E-state index in [2.05, 4.69) is 16.0 Å². The Morgan fingerprint density at radius 1 is 0.975 bits per heavy atom. The minimum absolute atomic E-state index is 0.182. The average molecular weight is 604 g/mol. The molecule has 9 nitrogen and oxygen atoms in total. The molecule has 0 aromatic heterocycles. The highest BCUT2D eigenvalue weighted by Gasteiger charge is 2.35. The lowest BCUT2D eigenvalue weighted by atomic mass is 9.92. The van der Waals surface area contributed by atoms with Gasteiger partial charge in [-0.15, -0.1) is 0 Å². The fraction of sp³-hybridized carbons (Fsp3) is 0.862. The molecule has 1 saturated carbocycles. The Bertz CT molecular complexity index is 831. The second-order valence-corrected chi connectivity index (χ2v) is 15.5. The lowest BCUT2D eigenvalue weighted by Gasteiger charge is -2.37. The van der Waals surface area contributed by atoms with Crippen LogP contribution in [-0.2, 0) is 23.9 Å². The minimum atomic E-state index is -0.847. The van der Waals surface area contributed by atoms with E-state index in [4.69, 9.17) is 4.74 Å². The molecule has 232 valence electrons. The summed E-state index contributed by atoms with van der Waals surface area (Å²) in [6.45, 7) is 16.4. The van der Waals surface area contributed by atoms with Crippen LogP contribution in [0.2, 0.25) is 0 Å². The normalized spacial score (nSPS) is 19.3. The first-order valence-corrected chi connectivity index (χ1v) is 16.5. The zero-order valence-corrected chi connectivity index (χ0v) is 27.4. The summed E-state index contributed by atoms with van der Waals surface area (Å²) >= 11 is 3.35. The highest BCUT2D eigenvalue weighted by atomic mass is 32.2. The number of carbonyl (C=O) groups is 4. The molecular formula is C29H53N3O6S2. The van der Waals surface area contributed by atoms with E-state index in [0.717, 1.165) is 25.5 Å². The Balaban J connectivity index is 2.62. The third kappa shape index (κ3) is 15.1. The molecule has 0 spiro atoms. The topological polar surface area (TPSA) is 134 Å². The number of aliphatic carboxylic acids is 1. The number of nitrogens with one attached hydrogen (secondary N) is 3. The zero-order chi connectivity index (χ0) is 30.6. The zero-order valence-electron chi connectivity index (χ0n) is 25.8. The molecule has 1 rings (SSSR count). The second kappa shape index (κ2) is 17.0. The monoisotopic (exact) mass is 603 g/mol. The predicted octanol–water partition coefficient (Wildman–Crippen LogP) is 4.03. The molecule has 2 amide bonds. The molecule has 4 unspecified atom stereocenters. The Labute approximate surface area is 249 Å². The average Bonchev–Trinajstić information content (AvgIpc) is 2.83. The van der Waals surface area contributed by atoms with Crippen molar-refractivity contribution in [3.05, 3.63) is 0 Å². The summed E-state index contributed by atoms with van der Waals surface area (Å²) in [5.41, 5.74) is -1.26. The number of carboxylic acids is 1. The lowest BCUT2D eigenvalue weighted by Crippen LogP contribution is -2.50. The lowest BCUT2D eigenvalue weighted by molar-refractivity contribution is -0.139. The van der Waals surface area contributed by atoms with Crippen molar-refractivity contribution in [3.8, 4) is 0 Å². The van der Waals surface area contributed by atoms with Gasteiger partial charge in [-0.2, -0.15) is 23.5 Å². The first-order chi connectivity index (χ1) is 18.5. The summed E-state index contributed by atoms with van der Waals surface area (Å²) in [6.07, 6.45) is 5.09. The predicted molar refractivity (Wildman–Crippen MR) is 165 cm³/mol. The summed E-state index contributed by atoms with van der Waals surface area (Å²) in [6, 6.07) is -1.25.